The molecule has 3 atom stereocenters. The van der Waals surface area contributed by atoms with E-state index in [0.29, 0.717) is 31.2 Å². The summed E-state index contributed by atoms with van der Waals surface area (Å²) < 4.78 is 0. The van der Waals surface area contributed by atoms with Crippen LogP contribution in [0.2, 0.25) is 0 Å². The summed E-state index contributed by atoms with van der Waals surface area (Å²) in [5.41, 5.74) is 2.26. The van der Waals surface area contributed by atoms with Gasteiger partial charge in [0.15, 0.2) is 5.78 Å². The number of ketones is 1. The topological polar surface area (TPSA) is 74.0 Å². The van der Waals surface area contributed by atoms with Gasteiger partial charge in [0, 0.05) is 43.0 Å². The maximum atomic E-state index is 13.0. The van der Waals surface area contributed by atoms with Crippen molar-refractivity contribution in [2.75, 3.05) is 13.1 Å². The molecule has 5 heteroatoms. The molecular formula is C20H27N3O2. The number of aromatic amines is 1. The fourth-order valence-corrected chi connectivity index (χ4v) is 3.63. The molecule has 1 aliphatic carbocycles. The number of aromatic nitrogens is 1. The van der Waals surface area contributed by atoms with Crippen molar-refractivity contribution in [2.45, 2.75) is 39.2 Å². The molecular weight excluding hydrogens is 314 g/mol. The Balaban J connectivity index is 1.70. The average Bonchev–Trinajstić information content (AvgIpc) is 2.99. The minimum Gasteiger partial charge on any atom is -0.361 e. The molecule has 1 aromatic heterocycles. The van der Waals surface area contributed by atoms with Crippen LogP contribution in [0.25, 0.3) is 10.9 Å². The second-order valence-electron chi connectivity index (χ2n) is 7.12. The van der Waals surface area contributed by atoms with E-state index in [0.717, 1.165) is 23.9 Å². The van der Waals surface area contributed by atoms with Crippen molar-refractivity contribution in [3.8, 4) is 0 Å². The van der Waals surface area contributed by atoms with Crippen LogP contribution in [0.5, 0.6) is 0 Å². The highest BCUT2D eigenvalue weighted by molar-refractivity contribution is 5.89. The van der Waals surface area contributed by atoms with Gasteiger partial charge in [-0.15, -0.1) is 0 Å². The first kappa shape index (κ1) is 17.7. The molecule has 5 nitrogen and oxygen atoms in total. The third kappa shape index (κ3) is 4.10. The van der Waals surface area contributed by atoms with Crippen molar-refractivity contribution in [3.63, 3.8) is 0 Å². The molecule has 1 heterocycles. The molecule has 0 spiro atoms. The zero-order valence-electron chi connectivity index (χ0n) is 15.0. The maximum Gasteiger partial charge on any atom is 0.216 e. The van der Waals surface area contributed by atoms with Crippen molar-refractivity contribution in [1.82, 2.24) is 15.6 Å². The molecule has 1 fully saturated rings. The normalized spacial score (nSPS) is 20.9. The SMILES string of the molecule is CC(=O)NCCN[C@@H](Cc1c[nH]c2ccccc12)C(=O)[C@H]1CC[C@H]1C. The van der Waals surface area contributed by atoms with Gasteiger partial charge < -0.3 is 15.6 Å². The number of hydrogen-bond donors (Lipinski definition) is 3. The van der Waals surface area contributed by atoms with E-state index >= 15 is 0 Å². The molecule has 1 aliphatic rings. The Morgan fingerprint density at radius 2 is 2.04 bits per heavy atom. The van der Waals surface area contributed by atoms with Gasteiger partial charge in [0.05, 0.1) is 6.04 Å². The number of amides is 1. The van der Waals surface area contributed by atoms with Gasteiger partial charge in [-0.25, -0.2) is 0 Å². The first-order chi connectivity index (χ1) is 12.1. The predicted molar refractivity (Wildman–Crippen MR) is 99.4 cm³/mol. The second kappa shape index (κ2) is 7.83. The molecule has 0 radical (unpaired) electrons. The van der Waals surface area contributed by atoms with Crippen molar-refractivity contribution in [1.29, 1.82) is 0 Å². The maximum absolute atomic E-state index is 13.0. The minimum absolute atomic E-state index is 0.0473. The van der Waals surface area contributed by atoms with Crippen LogP contribution < -0.4 is 10.6 Å². The number of carbonyl (C=O) groups is 2. The van der Waals surface area contributed by atoms with Gasteiger partial charge in [0.2, 0.25) is 5.91 Å². The van der Waals surface area contributed by atoms with Crippen molar-refractivity contribution < 1.29 is 9.59 Å². The van der Waals surface area contributed by atoms with Gasteiger partial charge in [-0.2, -0.15) is 0 Å². The van der Waals surface area contributed by atoms with Crippen LogP contribution >= 0.6 is 0 Å². The van der Waals surface area contributed by atoms with Crippen LogP contribution in [0.4, 0.5) is 0 Å². The van der Waals surface area contributed by atoms with Gasteiger partial charge >= 0.3 is 0 Å². The molecule has 25 heavy (non-hydrogen) atoms. The molecule has 3 N–H and O–H groups in total. The molecule has 3 rings (SSSR count). The zero-order valence-corrected chi connectivity index (χ0v) is 15.0. The molecule has 1 saturated carbocycles. The number of nitrogens with one attached hydrogen (secondary N) is 3. The standard InChI is InChI=1S/C20H27N3O2/c1-13-7-8-16(13)20(25)19(22-10-9-21-14(2)24)11-15-12-23-18-6-4-3-5-17(15)18/h3-6,12-13,16,19,22-23H,7-11H2,1-2H3,(H,21,24)/t13-,16+,19+/m1/s1. The van der Waals surface area contributed by atoms with E-state index in [1.54, 1.807) is 0 Å². The van der Waals surface area contributed by atoms with Crippen LogP contribution in [0.1, 0.15) is 32.3 Å². The molecule has 1 aromatic carbocycles. The molecule has 0 saturated heterocycles. The first-order valence-corrected chi connectivity index (χ1v) is 9.13. The van der Waals surface area contributed by atoms with Gasteiger partial charge in [-0.1, -0.05) is 25.1 Å². The summed E-state index contributed by atoms with van der Waals surface area (Å²) in [4.78, 5) is 27.3. The molecule has 0 aliphatic heterocycles. The van der Waals surface area contributed by atoms with Crippen molar-refractivity contribution in [3.05, 3.63) is 36.0 Å². The Hall–Kier alpha value is -2.14. The van der Waals surface area contributed by atoms with Crippen molar-refractivity contribution >= 4 is 22.6 Å². The number of carbonyl (C=O) groups excluding carboxylic acids is 2. The van der Waals surface area contributed by atoms with Gasteiger partial charge in [-0.3, -0.25) is 9.59 Å². The Kier molecular flexibility index (Phi) is 5.53. The lowest BCUT2D eigenvalue weighted by Gasteiger charge is -2.35. The highest BCUT2D eigenvalue weighted by atomic mass is 16.1. The fourth-order valence-electron chi connectivity index (χ4n) is 3.63. The van der Waals surface area contributed by atoms with E-state index in [1.165, 1.54) is 12.3 Å². The second-order valence-corrected chi connectivity index (χ2v) is 7.12. The largest absolute Gasteiger partial charge is 0.361 e. The van der Waals surface area contributed by atoms with E-state index < -0.39 is 0 Å². The van der Waals surface area contributed by atoms with Crippen LogP contribution in [-0.2, 0) is 16.0 Å². The Bertz CT molecular complexity index is 752. The third-order valence-corrected chi connectivity index (χ3v) is 5.32. The Morgan fingerprint density at radius 3 is 2.72 bits per heavy atom. The first-order valence-electron chi connectivity index (χ1n) is 9.13. The smallest absolute Gasteiger partial charge is 0.216 e. The van der Waals surface area contributed by atoms with E-state index in [4.69, 9.17) is 0 Å². The molecule has 1 amide bonds. The van der Waals surface area contributed by atoms with Gasteiger partial charge in [-0.05, 0) is 36.8 Å². The Morgan fingerprint density at radius 1 is 1.24 bits per heavy atom. The summed E-state index contributed by atoms with van der Waals surface area (Å²) in [6.45, 7) is 4.80. The van der Waals surface area contributed by atoms with Crippen LogP contribution in [0, 0.1) is 11.8 Å². The van der Waals surface area contributed by atoms with E-state index in [-0.39, 0.29) is 17.9 Å². The number of fused-ring (bicyclic) bond motifs is 1. The lowest BCUT2D eigenvalue weighted by Crippen LogP contribution is -2.48. The zero-order chi connectivity index (χ0) is 17.8. The van der Waals surface area contributed by atoms with Crippen molar-refractivity contribution in [2.24, 2.45) is 11.8 Å². The number of benzene rings is 1. The monoisotopic (exact) mass is 341 g/mol. The van der Waals surface area contributed by atoms with Gasteiger partial charge in [0.1, 0.15) is 0 Å². The highest BCUT2D eigenvalue weighted by Gasteiger charge is 2.36. The van der Waals surface area contributed by atoms with E-state index in [1.807, 2.05) is 24.4 Å². The van der Waals surface area contributed by atoms with Crippen LogP contribution in [0.3, 0.4) is 0 Å². The lowest BCUT2D eigenvalue weighted by molar-refractivity contribution is -0.129. The summed E-state index contributed by atoms with van der Waals surface area (Å²) >= 11 is 0. The van der Waals surface area contributed by atoms with Crippen LogP contribution in [-0.4, -0.2) is 35.8 Å². The molecule has 2 aromatic rings. The highest BCUT2D eigenvalue weighted by Crippen LogP contribution is 2.35. The summed E-state index contributed by atoms with van der Waals surface area (Å²) in [6, 6.07) is 7.96. The fraction of sp³-hybridized carbons (Fsp3) is 0.500. The predicted octanol–water partition coefficient (Wildman–Crippen LogP) is 2.42. The summed E-state index contributed by atoms with van der Waals surface area (Å²) in [7, 11) is 0. The van der Waals surface area contributed by atoms with Crippen LogP contribution in [0.15, 0.2) is 30.5 Å². The quantitative estimate of drug-likeness (QED) is 0.646. The molecule has 0 bridgehead atoms. The van der Waals surface area contributed by atoms with Gasteiger partial charge in [0.25, 0.3) is 0 Å². The summed E-state index contributed by atoms with van der Waals surface area (Å²) in [5.74, 6) is 0.916. The molecule has 134 valence electrons. The number of hydrogen-bond acceptors (Lipinski definition) is 3. The Labute approximate surface area is 148 Å². The van der Waals surface area contributed by atoms with E-state index in [2.05, 4.69) is 28.6 Å². The summed E-state index contributed by atoms with van der Waals surface area (Å²) in [6.07, 6.45) is 4.82. The number of H-pyrrole nitrogens is 1. The summed E-state index contributed by atoms with van der Waals surface area (Å²) in [5, 5.41) is 7.32. The van der Waals surface area contributed by atoms with E-state index in [9.17, 15) is 9.59 Å². The minimum atomic E-state index is -0.208. The molecule has 0 unspecified atom stereocenters. The third-order valence-electron chi connectivity index (χ3n) is 5.32. The lowest BCUT2D eigenvalue weighted by atomic mass is 9.70. The average molecular weight is 341 g/mol. The number of Topliss-reactive ketones (excluding diaryl/α,β-unsaturated/α-hetero) is 1. The number of rotatable bonds is 8. The number of para-hydroxylation sites is 1.